The fourth-order valence-corrected chi connectivity index (χ4v) is 4.00. The predicted molar refractivity (Wildman–Crippen MR) is 102 cm³/mol. The zero-order chi connectivity index (χ0) is 18.1. The van der Waals surface area contributed by atoms with E-state index < -0.39 is 0 Å². The standard InChI is InChI=1S/C21H23N3O2/c1-14-16(9-5-11-19(14)24-13-12-22-21(24)26)20(25)23-18-10-4-7-15-6-2-3-8-17(15)18/h2-3,5-6,8-9,11,18H,4,7,10,12-13H2,1H3,(H,22,26)(H,23,25)/t18-/m0/s1. The third kappa shape index (κ3) is 2.94. The van der Waals surface area contributed by atoms with Crippen molar-refractivity contribution >= 4 is 17.6 Å². The molecule has 1 saturated heterocycles. The number of urea groups is 1. The highest BCUT2D eigenvalue weighted by atomic mass is 16.2. The third-order valence-corrected chi connectivity index (χ3v) is 5.37. The maximum Gasteiger partial charge on any atom is 0.322 e. The summed E-state index contributed by atoms with van der Waals surface area (Å²) in [6, 6.07) is 13.8. The molecule has 2 aromatic carbocycles. The minimum atomic E-state index is -0.105. The van der Waals surface area contributed by atoms with Gasteiger partial charge in [-0.05, 0) is 55.0 Å². The van der Waals surface area contributed by atoms with E-state index in [0.29, 0.717) is 18.7 Å². The second-order valence-corrected chi connectivity index (χ2v) is 6.95. The Kier molecular flexibility index (Phi) is 4.37. The molecule has 134 valence electrons. The monoisotopic (exact) mass is 349 g/mol. The molecule has 0 spiro atoms. The SMILES string of the molecule is Cc1c(C(=O)N[C@H]2CCCc3ccccc32)cccc1N1CCNC1=O. The van der Waals surface area contributed by atoms with Crippen molar-refractivity contribution in [3.63, 3.8) is 0 Å². The Morgan fingerprint density at radius 2 is 2.04 bits per heavy atom. The lowest BCUT2D eigenvalue weighted by atomic mass is 9.87. The van der Waals surface area contributed by atoms with Gasteiger partial charge in [-0.25, -0.2) is 4.79 Å². The van der Waals surface area contributed by atoms with Crippen molar-refractivity contribution in [1.29, 1.82) is 0 Å². The molecule has 5 nitrogen and oxygen atoms in total. The van der Waals surface area contributed by atoms with Gasteiger partial charge < -0.3 is 10.6 Å². The molecule has 5 heteroatoms. The van der Waals surface area contributed by atoms with Crippen molar-refractivity contribution < 1.29 is 9.59 Å². The van der Waals surface area contributed by atoms with Gasteiger partial charge in [0.05, 0.1) is 6.04 Å². The minimum Gasteiger partial charge on any atom is -0.345 e. The molecule has 1 aliphatic carbocycles. The van der Waals surface area contributed by atoms with Crippen LogP contribution in [0, 0.1) is 6.92 Å². The number of hydrogen-bond donors (Lipinski definition) is 2. The average molecular weight is 349 g/mol. The lowest BCUT2D eigenvalue weighted by Gasteiger charge is -2.27. The first-order valence-electron chi connectivity index (χ1n) is 9.19. The van der Waals surface area contributed by atoms with Crippen LogP contribution in [0.5, 0.6) is 0 Å². The molecule has 1 heterocycles. The number of hydrogen-bond acceptors (Lipinski definition) is 2. The van der Waals surface area contributed by atoms with Crippen molar-refractivity contribution in [2.75, 3.05) is 18.0 Å². The van der Waals surface area contributed by atoms with Gasteiger partial charge in [-0.1, -0.05) is 30.3 Å². The average Bonchev–Trinajstić information content (AvgIpc) is 3.08. The summed E-state index contributed by atoms with van der Waals surface area (Å²) in [5.41, 5.74) is 4.82. The number of fused-ring (bicyclic) bond motifs is 1. The zero-order valence-corrected chi connectivity index (χ0v) is 14.9. The molecular weight excluding hydrogens is 326 g/mol. The smallest absolute Gasteiger partial charge is 0.322 e. The number of rotatable bonds is 3. The maximum absolute atomic E-state index is 13.0. The van der Waals surface area contributed by atoms with Gasteiger partial charge in [0.2, 0.25) is 0 Å². The first kappa shape index (κ1) is 16.6. The molecule has 0 radical (unpaired) electrons. The Labute approximate surface area is 153 Å². The molecule has 4 rings (SSSR count). The van der Waals surface area contributed by atoms with E-state index >= 15 is 0 Å². The van der Waals surface area contributed by atoms with Crippen LogP contribution >= 0.6 is 0 Å². The molecule has 2 aliphatic rings. The van der Waals surface area contributed by atoms with E-state index in [1.54, 1.807) is 4.90 Å². The Bertz CT molecular complexity index is 862. The molecule has 1 atom stereocenters. The largest absolute Gasteiger partial charge is 0.345 e. The summed E-state index contributed by atoms with van der Waals surface area (Å²) in [4.78, 5) is 26.6. The zero-order valence-electron chi connectivity index (χ0n) is 14.9. The molecule has 2 aromatic rings. The van der Waals surface area contributed by atoms with E-state index in [0.717, 1.165) is 30.5 Å². The summed E-state index contributed by atoms with van der Waals surface area (Å²) in [5.74, 6) is -0.0781. The maximum atomic E-state index is 13.0. The fourth-order valence-electron chi connectivity index (χ4n) is 4.00. The highest BCUT2D eigenvalue weighted by Crippen LogP contribution is 2.30. The second-order valence-electron chi connectivity index (χ2n) is 6.95. The van der Waals surface area contributed by atoms with Crippen LogP contribution in [0.1, 0.15) is 45.9 Å². The normalized spacial score (nSPS) is 19.0. The summed E-state index contributed by atoms with van der Waals surface area (Å²) in [7, 11) is 0. The van der Waals surface area contributed by atoms with Gasteiger partial charge in [0.15, 0.2) is 0 Å². The van der Waals surface area contributed by atoms with E-state index in [1.165, 1.54) is 11.1 Å². The molecule has 1 fully saturated rings. The summed E-state index contributed by atoms with van der Waals surface area (Å²) < 4.78 is 0. The molecule has 3 amide bonds. The fraction of sp³-hybridized carbons (Fsp3) is 0.333. The molecule has 0 aromatic heterocycles. The molecule has 0 bridgehead atoms. The van der Waals surface area contributed by atoms with Crippen LogP contribution in [0.2, 0.25) is 0 Å². The topological polar surface area (TPSA) is 61.4 Å². The molecular formula is C21H23N3O2. The van der Waals surface area contributed by atoms with Crippen LogP contribution in [0.15, 0.2) is 42.5 Å². The quantitative estimate of drug-likeness (QED) is 0.893. The molecule has 1 aliphatic heterocycles. The van der Waals surface area contributed by atoms with Gasteiger partial charge in [-0.2, -0.15) is 0 Å². The van der Waals surface area contributed by atoms with E-state index in [-0.39, 0.29) is 18.0 Å². The van der Waals surface area contributed by atoms with Crippen LogP contribution in [-0.4, -0.2) is 25.0 Å². The van der Waals surface area contributed by atoms with E-state index in [1.807, 2.05) is 31.2 Å². The van der Waals surface area contributed by atoms with Crippen LogP contribution in [-0.2, 0) is 6.42 Å². The molecule has 2 N–H and O–H groups in total. The van der Waals surface area contributed by atoms with Crippen molar-refractivity contribution in [3.8, 4) is 0 Å². The van der Waals surface area contributed by atoms with Crippen LogP contribution in [0.25, 0.3) is 0 Å². The summed E-state index contributed by atoms with van der Waals surface area (Å²) in [6.07, 6.45) is 3.10. The molecule has 0 unspecified atom stereocenters. The first-order chi connectivity index (χ1) is 12.6. The Balaban J connectivity index is 1.59. The number of benzene rings is 2. The molecule has 0 saturated carbocycles. The van der Waals surface area contributed by atoms with E-state index in [9.17, 15) is 9.59 Å². The highest BCUT2D eigenvalue weighted by molar-refractivity contribution is 6.00. The van der Waals surface area contributed by atoms with Crippen LogP contribution < -0.4 is 15.5 Å². The van der Waals surface area contributed by atoms with E-state index in [4.69, 9.17) is 0 Å². The number of nitrogens with one attached hydrogen (secondary N) is 2. The van der Waals surface area contributed by atoms with Crippen molar-refractivity contribution in [2.45, 2.75) is 32.2 Å². The molecule has 26 heavy (non-hydrogen) atoms. The minimum absolute atomic E-state index is 0.0468. The van der Waals surface area contributed by atoms with Crippen molar-refractivity contribution in [2.24, 2.45) is 0 Å². The third-order valence-electron chi connectivity index (χ3n) is 5.37. The lowest BCUT2D eigenvalue weighted by Crippen LogP contribution is -2.32. The van der Waals surface area contributed by atoms with Crippen molar-refractivity contribution in [3.05, 3.63) is 64.7 Å². The number of carbonyl (C=O) groups is 2. The predicted octanol–water partition coefficient (Wildman–Crippen LogP) is 3.33. The number of aryl methyl sites for hydroxylation is 1. The lowest BCUT2D eigenvalue weighted by molar-refractivity contribution is 0.0932. The van der Waals surface area contributed by atoms with Crippen molar-refractivity contribution in [1.82, 2.24) is 10.6 Å². The van der Waals surface area contributed by atoms with Crippen LogP contribution in [0.4, 0.5) is 10.5 Å². The Hall–Kier alpha value is -2.82. The summed E-state index contributed by atoms with van der Waals surface area (Å²) in [6.45, 7) is 3.17. The Morgan fingerprint density at radius 3 is 2.85 bits per heavy atom. The number of nitrogens with zero attached hydrogens (tertiary/aromatic N) is 1. The van der Waals surface area contributed by atoms with Gasteiger partial charge in [-0.3, -0.25) is 9.69 Å². The Morgan fingerprint density at radius 1 is 1.19 bits per heavy atom. The van der Waals surface area contributed by atoms with Gasteiger partial charge in [-0.15, -0.1) is 0 Å². The van der Waals surface area contributed by atoms with Gasteiger partial charge in [0.25, 0.3) is 5.91 Å². The van der Waals surface area contributed by atoms with E-state index in [2.05, 4.69) is 28.8 Å². The van der Waals surface area contributed by atoms with Gasteiger partial charge >= 0.3 is 6.03 Å². The van der Waals surface area contributed by atoms with Crippen LogP contribution in [0.3, 0.4) is 0 Å². The highest BCUT2D eigenvalue weighted by Gasteiger charge is 2.26. The number of carbonyl (C=O) groups excluding carboxylic acids is 2. The second kappa shape index (κ2) is 6.83. The summed E-state index contributed by atoms with van der Waals surface area (Å²) in [5, 5.41) is 6.01. The van der Waals surface area contributed by atoms with Gasteiger partial charge in [0, 0.05) is 24.3 Å². The van der Waals surface area contributed by atoms with Gasteiger partial charge in [0.1, 0.15) is 0 Å². The first-order valence-corrected chi connectivity index (χ1v) is 9.19. The number of amides is 3. The summed E-state index contributed by atoms with van der Waals surface area (Å²) >= 11 is 0. The number of anilines is 1.